The Balaban J connectivity index is 2.09. The Morgan fingerprint density at radius 2 is 1.81 bits per heavy atom. The van der Waals surface area contributed by atoms with Gasteiger partial charge < -0.3 is 14.8 Å². The molecule has 110 valence electrons. The molecule has 0 fully saturated rings. The molecular formula is C16H19N3O2. The van der Waals surface area contributed by atoms with E-state index in [-0.39, 0.29) is 12.2 Å². The summed E-state index contributed by atoms with van der Waals surface area (Å²) in [6.07, 6.45) is 0. The lowest BCUT2D eigenvalue weighted by molar-refractivity contribution is 0.174. The summed E-state index contributed by atoms with van der Waals surface area (Å²) in [6.45, 7) is 6.68. The average molecular weight is 285 g/mol. The number of anilines is 1. The molecule has 0 spiro atoms. The van der Waals surface area contributed by atoms with E-state index in [1.54, 1.807) is 0 Å². The highest BCUT2D eigenvalue weighted by Crippen LogP contribution is 2.35. The fourth-order valence-corrected chi connectivity index (χ4v) is 2.12. The van der Waals surface area contributed by atoms with Gasteiger partial charge in [-0.1, -0.05) is 20.8 Å². The summed E-state index contributed by atoms with van der Waals surface area (Å²) in [7, 11) is 1.86. The van der Waals surface area contributed by atoms with Crippen molar-refractivity contribution in [1.82, 2.24) is 9.97 Å². The first kappa shape index (κ1) is 13.7. The standard InChI is InChI=1S/C16H19N3O2/c1-16(2,3)13-8-14(17-4)19-15(18-13)10-5-6-11-12(7-10)21-9-20-11/h5-8H,9H2,1-4H3,(H,17,18,19). The molecule has 5 nitrogen and oxygen atoms in total. The normalized spacial score (nSPS) is 13.3. The molecule has 0 atom stereocenters. The number of aromatic nitrogens is 2. The zero-order valence-corrected chi connectivity index (χ0v) is 12.7. The summed E-state index contributed by atoms with van der Waals surface area (Å²) >= 11 is 0. The van der Waals surface area contributed by atoms with Gasteiger partial charge in [0.1, 0.15) is 5.82 Å². The smallest absolute Gasteiger partial charge is 0.231 e. The van der Waals surface area contributed by atoms with Gasteiger partial charge in [0.05, 0.1) is 5.69 Å². The summed E-state index contributed by atoms with van der Waals surface area (Å²) in [5.41, 5.74) is 1.87. The van der Waals surface area contributed by atoms with Crippen molar-refractivity contribution in [3.63, 3.8) is 0 Å². The van der Waals surface area contributed by atoms with Crippen molar-refractivity contribution >= 4 is 5.82 Å². The van der Waals surface area contributed by atoms with E-state index in [1.165, 1.54) is 0 Å². The van der Waals surface area contributed by atoms with Crippen LogP contribution in [0.1, 0.15) is 26.5 Å². The van der Waals surface area contributed by atoms with Crippen molar-refractivity contribution in [3.8, 4) is 22.9 Å². The molecule has 21 heavy (non-hydrogen) atoms. The molecule has 2 aromatic rings. The number of benzene rings is 1. The van der Waals surface area contributed by atoms with Crippen LogP contribution in [0, 0.1) is 0 Å². The third kappa shape index (κ3) is 2.63. The van der Waals surface area contributed by atoms with Gasteiger partial charge in [0.25, 0.3) is 0 Å². The first-order chi connectivity index (χ1) is 9.97. The van der Waals surface area contributed by atoms with Crippen LogP contribution in [0.4, 0.5) is 5.82 Å². The van der Waals surface area contributed by atoms with Crippen LogP contribution in [0.5, 0.6) is 11.5 Å². The maximum Gasteiger partial charge on any atom is 0.231 e. The van der Waals surface area contributed by atoms with Crippen LogP contribution in [0.3, 0.4) is 0 Å². The molecular weight excluding hydrogens is 266 g/mol. The highest BCUT2D eigenvalue weighted by molar-refractivity contribution is 5.63. The van der Waals surface area contributed by atoms with Crippen LogP contribution in [0.2, 0.25) is 0 Å². The monoisotopic (exact) mass is 285 g/mol. The number of ether oxygens (including phenoxy) is 2. The lowest BCUT2D eigenvalue weighted by atomic mass is 9.92. The van der Waals surface area contributed by atoms with Gasteiger partial charge >= 0.3 is 0 Å². The summed E-state index contributed by atoms with van der Waals surface area (Å²) in [6, 6.07) is 7.75. The maximum atomic E-state index is 5.42. The topological polar surface area (TPSA) is 56.3 Å². The second-order valence-electron chi connectivity index (χ2n) is 6.03. The van der Waals surface area contributed by atoms with Gasteiger partial charge in [0.2, 0.25) is 6.79 Å². The molecule has 0 aliphatic carbocycles. The summed E-state index contributed by atoms with van der Waals surface area (Å²) in [5, 5.41) is 3.09. The highest BCUT2D eigenvalue weighted by Gasteiger charge is 2.20. The van der Waals surface area contributed by atoms with E-state index in [0.29, 0.717) is 5.82 Å². The van der Waals surface area contributed by atoms with Gasteiger partial charge in [-0.25, -0.2) is 9.97 Å². The SMILES string of the molecule is CNc1cc(C(C)(C)C)nc(-c2ccc3c(c2)OCO3)n1. The Morgan fingerprint density at radius 3 is 2.52 bits per heavy atom. The minimum Gasteiger partial charge on any atom is -0.454 e. The number of nitrogens with zero attached hydrogens (tertiary/aromatic N) is 2. The Hall–Kier alpha value is -2.30. The molecule has 1 N–H and O–H groups in total. The molecule has 1 aliphatic rings. The predicted octanol–water partition coefficient (Wildman–Crippen LogP) is 3.21. The molecule has 5 heteroatoms. The van der Waals surface area contributed by atoms with Gasteiger partial charge in [-0.05, 0) is 18.2 Å². The molecule has 1 aromatic heterocycles. The number of rotatable bonds is 2. The van der Waals surface area contributed by atoms with E-state index >= 15 is 0 Å². The minimum atomic E-state index is -0.0420. The third-order valence-electron chi connectivity index (χ3n) is 3.38. The van der Waals surface area contributed by atoms with Crippen molar-refractivity contribution in [2.24, 2.45) is 0 Å². The van der Waals surface area contributed by atoms with Crippen molar-refractivity contribution in [2.45, 2.75) is 26.2 Å². The molecule has 0 unspecified atom stereocenters. The van der Waals surface area contributed by atoms with Gasteiger partial charge in [-0.2, -0.15) is 0 Å². The lowest BCUT2D eigenvalue weighted by Gasteiger charge is -2.19. The fraction of sp³-hybridized carbons (Fsp3) is 0.375. The minimum absolute atomic E-state index is 0.0420. The van der Waals surface area contributed by atoms with E-state index in [1.807, 2.05) is 31.3 Å². The van der Waals surface area contributed by atoms with E-state index in [4.69, 9.17) is 14.5 Å². The van der Waals surface area contributed by atoms with E-state index in [9.17, 15) is 0 Å². The molecule has 2 heterocycles. The molecule has 0 amide bonds. The quantitative estimate of drug-likeness (QED) is 0.918. The number of nitrogens with one attached hydrogen (secondary N) is 1. The number of fused-ring (bicyclic) bond motifs is 1. The fourth-order valence-electron chi connectivity index (χ4n) is 2.12. The van der Waals surface area contributed by atoms with Crippen molar-refractivity contribution < 1.29 is 9.47 Å². The maximum absolute atomic E-state index is 5.42. The molecule has 0 bridgehead atoms. The predicted molar refractivity (Wildman–Crippen MR) is 81.8 cm³/mol. The van der Waals surface area contributed by atoms with Gasteiger partial charge in [-0.15, -0.1) is 0 Å². The molecule has 1 aliphatic heterocycles. The zero-order valence-electron chi connectivity index (χ0n) is 12.7. The summed E-state index contributed by atoms with van der Waals surface area (Å²) in [4.78, 5) is 9.24. The second kappa shape index (κ2) is 4.91. The summed E-state index contributed by atoms with van der Waals surface area (Å²) in [5.74, 6) is 3.00. The van der Waals surface area contributed by atoms with Crippen LogP contribution < -0.4 is 14.8 Å². The summed E-state index contributed by atoms with van der Waals surface area (Å²) < 4.78 is 10.8. The zero-order chi connectivity index (χ0) is 15.0. The molecule has 0 saturated heterocycles. The third-order valence-corrected chi connectivity index (χ3v) is 3.38. The van der Waals surface area contributed by atoms with Crippen molar-refractivity contribution in [1.29, 1.82) is 0 Å². The number of hydrogen-bond acceptors (Lipinski definition) is 5. The Labute approximate surface area is 124 Å². The lowest BCUT2D eigenvalue weighted by Crippen LogP contribution is -2.15. The van der Waals surface area contributed by atoms with Crippen molar-refractivity contribution in [2.75, 3.05) is 19.2 Å². The first-order valence-electron chi connectivity index (χ1n) is 6.95. The molecule has 0 saturated carbocycles. The van der Waals surface area contributed by atoms with E-state index < -0.39 is 0 Å². The van der Waals surface area contributed by atoms with Crippen LogP contribution in [0.15, 0.2) is 24.3 Å². The molecule has 0 radical (unpaired) electrons. The van der Waals surface area contributed by atoms with E-state index in [2.05, 4.69) is 31.1 Å². The van der Waals surface area contributed by atoms with Crippen LogP contribution in [0.25, 0.3) is 11.4 Å². The Kier molecular flexibility index (Phi) is 3.20. The molecule has 3 rings (SSSR count). The Morgan fingerprint density at radius 1 is 1.05 bits per heavy atom. The van der Waals surface area contributed by atoms with Crippen LogP contribution in [-0.4, -0.2) is 23.8 Å². The Bertz CT molecular complexity index is 678. The van der Waals surface area contributed by atoms with Crippen LogP contribution >= 0.6 is 0 Å². The van der Waals surface area contributed by atoms with Crippen LogP contribution in [-0.2, 0) is 5.41 Å². The largest absolute Gasteiger partial charge is 0.454 e. The first-order valence-corrected chi connectivity index (χ1v) is 6.95. The van der Waals surface area contributed by atoms with Crippen molar-refractivity contribution in [3.05, 3.63) is 30.0 Å². The van der Waals surface area contributed by atoms with Gasteiger partial charge in [-0.3, -0.25) is 0 Å². The number of hydrogen-bond donors (Lipinski definition) is 1. The van der Waals surface area contributed by atoms with Gasteiger partial charge in [0.15, 0.2) is 17.3 Å². The average Bonchev–Trinajstić information content (AvgIpc) is 2.93. The van der Waals surface area contributed by atoms with Gasteiger partial charge in [0, 0.05) is 24.1 Å². The highest BCUT2D eigenvalue weighted by atomic mass is 16.7. The van der Waals surface area contributed by atoms with E-state index in [0.717, 1.165) is 28.6 Å². The molecule has 1 aromatic carbocycles. The second-order valence-corrected chi connectivity index (χ2v) is 6.03.